The third-order valence-electron chi connectivity index (χ3n) is 2.11. The van der Waals surface area contributed by atoms with E-state index in [4.69, 9.17) is 0 Å². The molecular weight excluding hydrogens is 232 g/mol. The van der Waals surface area contributed by atoms with Gasteiger partial charge in [-0.1, -0.05) is 71.2 Å². The molecule has 0 atom stereocenters. The zero-order valence-corrected chi connectivity index (χ0v) is 11.7. The van der Waals surface area contributed by atoms with Gasteiger partial charge in [0.05, 0.1) is 0 Å². The van der Waals surface area contributed by atoms with Crippen molar-refractivity contribution in [1.82, 2.24) is 0 Å². The topological polar surface area (TPSA) is 0 Å². The van der Waals surface area contributed by atoms with Gasteiger partial charge in [-0.3, -0.25) is 0 Å². The molecule has 2 heteroatoms. The predicted molar refractivity (Wildman–Crippen MR) is 82.1 cm³/mol. The lowest BCUT2D eigenvalue weighted by Gasteiger charge is -2.02. The van der Waals surface area contributed by atoms with E-state index >= 15 is 0 Å². The number of allylic oxidation sites excluding steroid dienone is 4. The number of hydrogen-bond acceptors (Lipinski definition) is 2. The van der Waals surface area contributed by atoms with E-state index in [1.807, 2.05) is 33.7 Å². The first kappa shape index (κ1) is 15.7. The Kier molecular flexibility index (Phi) is 10.9. The Bertz CT molecular complexity index is 215. The average molecular weight is 254 g/mol. The Morgan fingerprint density at radius 3 is 1.50 bits per heavy atom. The van der Waals surface area contributed by atoms with Crippen LogP contribution in [0.1, 0.15) is 25.7 Å². The third-order valence-corrected chi connectivity index (χ3v) is 4.69. The molecular formula is C14H22S2. The minimum Gasteiger partial charge on any atom is -0.0988 e. The molecule has 16 heavy (non-hydrogen) atoms. The second-order valence-corrected chi connectivity index (χ2v) is 6.28. The Morgan fingerprint density at radius 2 is 1.19 bits per heavy atom. The summed E-state index contributed by atoms with van der Waals surface area (Å²) in [6.07, 6.45) is 8.23. The normalized spacial score (nSPS) is 9.75. The van der Waals surface area contributed by atoms with Crippen molar-refractivity contribution in [3.8, 4) is 0 Å². The van der Waals surface area contributed by atoms with E-state index in [1.165, 1.54) is 24.3 Å². The molecule has 0 spiro atoms. The van der Waals surface area contributed by atoms with Crippen molar-refractivity contribution < 1.29 is 0 Å². The molecule has 0 nitrogen and oxygen atoms in total. The van der Waals surface area contributed by atoms with Gasteiger partial charge in [-0.25, -0.2) is 0 Å². The predicted octanol–water partition coefficient (Wildman–Crippen LogP) is 5.41. The fourth-order valence-electron chi connectivity index (χ4n) is 1.04. The smallest absolute Gasteiger partial charge is 0.00401 e. The van der Waals surface area contributed by atoms with Gasteiger partial charge in [0.1, 0.15) is 0 Å². The highest BCUT2D eigenvalue weighted by atomic mass is 33.1. The molecule has 0 aromatic rings. The standard InChI is InChI=1S/C14H22S2/c1-5-13(3)9-7-11-15-16-12-8-10-14(4)6-2/h5-6H,1-4,7-12H2. The van der Waals surface area contributed by atoms with Crippen LogP contribution in [0.25, 0.3) is 0 Å². The Hall–Kier alpha value is -0.340. The fourth-order valence-corrected chi connectivity index (χ4v) is 3.21. The molecule has 0 radical (unpaired) electrons. The maximum atomic E-state index is 3.90. The van der Waals surface area contributed by atoms with Crippen LogP contribution in [0.4, 0.5) is 0 Å². The van der Waals surface area contributed by atoms with Crippen LogP contribution in [0.5, 0.6) is 0 Å². The second kappa shape index (κ2) is 11.2. The van der Waals surface area contributed by atoms with E-state index in [9.17, 15) is 0 Å². The van der Waals surface area contributed by atoms with Gasteiger partial charge in [0.15, 0.2) is 0 Å². The Morgan fingerprint density at radius 1 is 0.812 bits per heavy atom. The maximum Gasteiger partial charge on any atom is 0.00401 e. The molecule has 0 heterocycles. The molecule has 0 unspecified atom stereocenters. The van der Waals surface area contributed by atoms with Crippen LogP contribution >= 0.6 is 21.6 Å². The second-order valence-electron chi connectivity index (χ2n) is 3.58. The molecule has 0 bridgehead atoms. The summed E-state index contributed by atoms with van der Waals surface area (Å²) in [7, 11) is 3.90. The van der Waals surface area contributed by atoms with Crippen molar-refractivity contribution in [3.63, 3.8) is 0 Å². The molecule has 0 fully saturated rings. The number of hydrogen-bond donors (Lipinski definition) is 0. The summed E-state index contributed by atoms with van der Waals surface area (Å²) in [4.78, 5) is 0. The summed E-state index contributed by atoms with van der Waals surface area (Å²) in [5.41, 5.74) is 2.29. The molecule has 0 saturated carbocycles. The van der Waals surface area contributed by atoms with Crippen LogP contribution in [0.15, 0.2) is 49.6 Å². The lowest BCUT2D eigenvalue weighted by Crippen LogP contribution is -1.82. The fraction of sp³-hybridized carbons (Fsp3) is 0.429. The van der Waals surface area contributed by atoms with Gasteiger partial charge in [0, 0.05) is 11.5 Å². The van der Waals surface area contributed by atoms with Crippen molar-refractivity contribution in [3.05, 3.63) is 49.6 Å². The first-order valence-electron chi connectivity index (χ1n) is 5.55. The maximum absolute atomic E-state index is 3.90. The van der Waals surface area contributed by atoms with Crippen LogP contribution in [0.3, 0.4) is 0 Å². The molecule has 0 saturated heterocycles. The molecule has 90 valence electrons. The molecule has 0 aromatic carbocycles. The zero-order chi connectivity index (χ0) is 12.2. The highest BCUT2D eigenvalue weighted by molar-refractivity contribution is 8.76. The first-order chi connectivity index (χ1) is 7.70. The Labute approximate surface area is 108 Å². The highest BCUT2D eigenvalue weighted by Crippen LogP contribution is 2.24. The lowest BCUT2D eigenvalue weighted by molar-refractivity contribution is 0.941. The third kappa shape index (κ3) is 10.2. The highest BCUT2D eigenvalue weighted by Gasteiger charge is 1.94. The quantitative estimate of drug-likeness (QED) is 0.274. The van der Waals surface area contributed by atoms with Crippen molar-refractivity contribution in [2.24, 2.45) is 0 Å². The van der Waals surface area contributed by atoms with Gasteiger partial charge < -0.3 is 0 Å². The van der Waals surface area contributed by atoms with Crippen molar-refractivity contribution in [2.75, 3.05) is 11.5 Å². The lowest BCUT2D eigenvalue weighted by atomic mass is 10.2. The van der Waals surface area contributed by atoms with Crippen LogP contribution in [-0.4, -0.2) is 11.5 Å². The molecule has 0 aromatic heterocycles. The monoisotopic (exact) mass is 254 g/mol. The van der Waals surface area contributed by atoms with Crippen LogP contribution in [0.2, 0.25) is 0 Å². The summed E-state index contributed by atoms with van der Waals surface area (Å²) in [6, 6.07) is 0. The van der Waals surface area contributed by atoms with Crippen molar-refractivity contribution in [2.45, 2.75) is 25.7 Å². The summed E-state index contributed by atoms with van der Waals surface area (Å²) in [5, 5.41) is 0. The van der Waals surface area contributed by atoms with Crippen LogP contribution in [-0.2, 0) is 0 Å². The van der Waals surface area contributed by atoms with Gasteiger partial charge in [0.25, 0.3) is 0 Å². The van der Waals surface area contributed by atoms with Crippen LogP contribution in [0, 0.1) is 0 Å². The summed E-state index contributed by atoms with van der Waals surface area (Å²) < 4.78 is 0. The zero-order valence-electron chi connectivity index (χ0n) is 10.0. The van der Waals surface area contributed by atoms with E-state index in [0.717, 1.165) is 24.0 Å². The van der Waals surface area contributed by atoms with E-state index in [0.29, 0.717) is 0 Å². The van der Waals surface area contributed by atoms with E-state index in [2.05, 4.69) is 26.3 Å². The van der Waals surface area contributed by atoms with Gasteiger partial charge in [-0.15, -0.1) is 0 Å². The van der Waals surface area contributed by atoms with Crippen molar-refractivity contribution in [1.29, 1.82) is 0 Å². The van der Waals surface area contributed by atoms with Crippen LogP contribution < -0.4 is 0 Å². The van der Waals surface area contributed by atoms with E-state index in [1.54, 1.807) is 0 Å². The first-order valence-corrected chi connectivity index (χ1v) is 8.04. The van der Waals surface area contributed by atoms with Gasteiger partial charge in [-0.05, 0) is 25.7 Å². The molecule has 0 amide bonds. The largest absolute Gasteiger partial charge is 0.0988 e. The molecule has 0 aliphatic carbocycles. The van der Waals surface area contributed by atoms with Gasteiger partial charge in [-0.2, -0.15) is 0 Å². The minimum absolute atomic E-state index is 1.07. The van der Waals surface area contributed by atoms with Gasteiger partial charge >= 0.3 is 0 Å². The summed E-state index contributed by atoms with van der Waals surface area (Å²) >= 11 is 0. The number of rotatable bonds is 11. The SMILES string of the molecule is C=CC(=C)CCCSSCCCC(=C)C=C. The molecule has 0 aliphatic heterocycles. The minimum atomic E-state index is 1.07. The molecule has 0 N–H and O–H groups in total. The average Bonchev–Trinajstić information content (AvgIpc) is 2.31. The Balaban J connectivity index is 3.15. The van der Waals surface area contributed by atoms with Crippen molar-refractivity contribution >= 4 is 21.6 Å². The van der Waals surface area contributed by atoms with Gasteiger partial charge in [0.2, 0.25) is 0 Å². The summed E-state index contributed by atoms with van der Waals surface area (Å²) in [5.74, 6) is 2.39. The molecule has 0 aliphatic rings. The van der Waals surface area contributed by atoms with E-state index in [-0.39, 0.29) is 0 Å². The van der Waals surface area contributed by atoms with E-state index < -0.39 is 0 Å². The summed E-state index contributed by atoms with van der Waals surface area (Å²) in [6.45, 7) is 15.2. The molecule has 0 rings (SSSR count).